The predicted octanol–water partition coefficient (Wildman–Crippen LogP) is 3.40. The van der Waals surface area contributed by atoms with Crippen molar-refractivity contribution in [2.45, 2.75) is 23.5 Å². The molecule has 0 aliphatic rings. The monoisotopic (exact) mass is 274 g/mol. The van der Waals surface area contributed by atoms with Crippen LogP contribution in [0.5, 0.6) is 0 Å². The van der Waals surface area contributed by atoms with Crippen LogP contribution in [0.1, 0.15) is 13.3 Å². The van der Waals surface area contributed by atoms with Crippen molar-refractivity contribution in [3.05, 3.63) is 28.7 Å². The Morgan fingerprint density at radius 2 is 2.36 bits per heavy atom. The van der Waals surface area contributed by atoms with Crippen LogP contribution in [0.4, 0.5) is 0 Å². The van der Waals surface area contributed by atoms with Gasteiger partial charge in [-0.25, -0.2) is 0 Å². The maximum absolute atomic E-state index is 10.4. The number of rotatable bonds is 4. The van der Waals surface area contributed by atoms with Crippen LogP contribution in [0.15, 0.2) is 33.6 Å². The zero-order valence-corrected chi connectivity index (χ0v) is 10.1. The molecule has 14 heavy (non-hydrogen) atoms. The van der Waals surface area contributed by atoms with Crippen LogP contribution in [-0.2, 0) is 4.79 Å². The molecular weight excluding hydrogens is 264 g/mol. The van der Waals surface area contributed by atoms with E-state index in [9.17, 15) is 4.79 Å². The molecule has 0 fully saturated rings. The van der Waals surface area contributed by atoms with Crippen molar-refractivity contribution in [1.82, 2.24) is 0 Å². The van der Waals surface area contributed by atoms with Crippen molar-refractivity contribution in [1.29, 1.82) is 0 Å². The van der Waals surface area contributed by atoms with E-state index in [1.54, 1.807) is 11.8 Å². The fraction of sp³-hybridized carbons (Fsp3) is 0.300. The normalized spacial score (nSPS) is 12.4. The Kier molecular flexibility index (Phi) is 4.48. The Hall–Kier alpha value is -0.480. The molecule has 0 aliphatic heterocycles. The first-order valence-corrected chi connectivity index (χ1v) is 5.89. The first-order valence-electron chi connectivity index (χ1n) is 4.22. The second kappa shape index (κ2) is 5.41. The first-order chi connectivity index (χ1) is 6.58. The van der Waals surface area contributed by atoms with Gasteiger partial charge in [-0.2, -0.15) is 0 Å². The summed E-state index contributed by atoms with van der Waals surface area (Å²) < 4.78 is 1.02. The number of carboxylic acids is 1. The lowest BCUT2D eigenvalue weighted by Gasteiger charge is -2.08. The maximum atomic E-state index is 10.4. The second-order valence-corrected chi connectivity index (χ2v) is 5.41. The van der Waals surface area contributed by atoms with Crippen LogP contribution >= 0.6 is 27.7 Å². The van der Waals surface area contributed by atoms with E-state index in [4.69, 9.17) is 5.11 Å². The van der Waals surface area contributed by atoms with Crippen molar-refractivity contribution in [2.75, 3.05) is 0 Å². The third-order valence-corrected chi connectivity index (χ3v) is 3.18. The van der Waals surface area contributed by atoms with Gasteiger partial charge in [0.15, 0.2) is 0 Å². The third-order valence-electron chi connectivity index (χ3n) is 1.60. The Balaban J connectivity index is 2.55. The molecule has 1 unspecified atom stereocenters. The van der Waals surface area contributed by atoms with Gasteiger partial charge in [0.25, 0.3) is 0 Å². The molecule has 1 N–H and O–H groups in total. The minimum Gasteiger partial charge on any atom is -0.481 e. The highest BCUT2D eigenvalue weighted by molar-refractivity contribution is 9.10. The Labute approximate surface area is 95.8 Å². The summed E-state index contributed by atoms with van der Waals surface area (Å²) in [6.07, 6.45) is 0.192. The molecule has 76 valence electrons. The lowest BCUT2D eigenvalue weighted by atomic mass is 10.3. The lowest BCUT2D eigenvalue weighted by Crippen LogP contribution is -2.05. The van der Waals surface area contributed by atoms with Gasteiger partial charge < -0.3 is 5.11 Å². The van der Waals surface area contributed by atoms with Crippen LogP contribution in [0, 0.1) is 0 Å². The smallest absolute Gasteiger partial charge is 0.304 e. The molecule has 0 spiro atoms. The highest BCUT2D eigenvalue weighted by Gasteiger charge is 2.08. The van der Waals surface area contributed by atoms with Crippen LogP contribution in [0.25, 0.3) is 0 Å². The highest BCUT2D eigenvalue weighted by Crippen LogP contribution is 2.27. The fourth-order valence-corrected chi connectivity index (χ4v) is 2.65. The first kappa shape index (κ1) is 11.6. The number of carboxylic acid groups (broad SMARTS) is 1. The molecule has 1 aromatic carbocycles. The van der Waals surface area contributed by atoms with Gasteiger partial charge in [0.2, 0.25) is 0 Å². The average Bonchev–Trinajstić information content (AvgIpc) is 2.01. The summed E-state index contributed by atoms with van der Waals surface area (Å²) in [5, 5.41) is 8.69. The lowest BCUT2D eigenvalue weighted by molar-refractivity contribution is -0.136. The molecule has 0 saturated heterocycles. The number of aliphatic carboxylic acids is 1. The number of hydrogen-bond acceptors (Lipinski definition) is 2. The summed E-state index contributed by atoms with van der Waals surface area (Å²) >= 11 is 4.95. The van der Waals surface area contributed by atoms with Gasteiger partial charge in [-0.15, -0.1) is 11.8 Å². The number of thioether (sulfide) groups is 1. The SMILES string of the molecule is CC(CC(=O)O)Sc1cccc(Br)c1. The summed E-state index contributed by atoms with van der Waals surface area (Å²) in [7, 11) is 0. The molecule has 0 aliphatic carbocycles. The minimum atomic E-state index is -0.750. The zero-order chi connectivity index (χ0) is 10.6. The Bertz CT molecular complexity index is 328. The largest absolute Gasteiger partial charge is 0.481 e. The van der Waals surface area contributed by atoms with E-state index in [-0.39, 0.29) is 11.7 Å². The Morgan fingerprint density at radius 3 is 2.93 bits per heavy atom. The number of hydrogen-bond donors (Lipinski definition) is 1. The van der Waals surface area contributed by atoms with Crippen molar-refractivity contribution < 1.29 is 9.90 Å². The molecule has 0 aromatic heterocycles. The van der Waals surface area contributed by atoms with Gasteiger partial charge in [-0.05, 0) is 18.2 Å². The highest BCUT2D eigenvalue weighted by atomic mass is 79.9. The Morgan fingerprint density at radius 1 is 1.64 bits per heavy atom. The van der Waals surface area contributed by atoms with E-state index in [1.165, 1.54) is 0 Å². The fourth-order valence-electron chi connectivity index (χ4n) is 1.06. The molecular formula is C10H11BrO2S. The number of carbonyl (C=O) groups is 1. The van der Waals surface area contributed by atoms with Gasteiger partial charge >= 0.3 is 5.97 Å². The zero-order valence-electron chi connectivity index (χ0n) is 7.74. The van der Waals surface area contributed by atoms with Gasteiger partial charge in [-0.1, -0.05) is 28.9 Å². The van der Waals surface area contributed by atoms with E-state index < -0.39 is 5.97 Å². The van der Waals surface area contributed by atoms with E-state index in [2.05, 4.69) is 15.9 Å². The van der Waals surface area contributed by atoms with Crippen molar-refractivity contribution in [2.24, 2.45) is 0 Å². The third kappa shape index (κ3) is 4.15. The van der Waals surface area contributed by atoms with Gasteiger partial charge in [0, 0.05) is 14.6 Å². The molecule has 0 amide bonds. The maximum Gasteiger partial charge on any atom is 0.304 e. The summed E-state index contributed by atoms with van der Waals surface area (Å²) in [4.78, 5) is 11.5. The molecule has 0 bridgehead atoms. The van der Waals surface area contributed by atoms with Gasteiger partial charge in [0.05, 0.1) is 6.42 Å². The van der Waals surface area contributed by atoms with Gasteiger partial charge in [0.1, 0.15) is 0 Å². The second-order valence-electron chi connectivity index (χ2n) is 2.98. The average molecular weight is 275 g/mol. The minimum absolute atomic E-state index is 0.0989. The number of benzene rings is 1. The predicted molar refractivity (Wildman–Crippen MR) is 61.7 cm³/mol. The van der Waals surface area contributed by atoms with Gasteiger partial charge in [-0.3, -0.25) is 4.79 Å². The van der Waals surface area contributed by atoms with Crippen LogP contribution in [0.2, 0.25) is 0 Å². The molecule has 0 radical (unpaired) electrons. The molecule has 1 aromatic rings. The quantitative estimate of drug-likeness (QED) is 0.856. The summed E-state index contributed by atoms with van der Waals surface area (Å²) in [5.74, 6) is -0.750. The van der Waals surface area contributed by atoms with Crippen LogP contribution in [0.3, 0.4) is 0 Å². The van der Waals surface area contributed by atoms with E-state index in [0.717, 1.165) is 9.37 Å². The van der Waals surface area contributed by atoms with E-state index >= 15 is 0 Å². The van der Waals surface area contributed by atoms with Crippen molar-refractivity contribution >= 4 is 33.7 Å². The van der Waals surface area contributed by atoms with Crippen LogP contribution in [-0.4, -0.2) is 16.3 Å². The van der Waals surface area contributed by atoms with Crippen molar-refractivity contribution in [3.8, 4) is 0 Å². The topological polar surface area (TPSA) is 37.3 Å². The molecule has 0 saturated carbocycles. The number of halogens is 1. The summed E-state index contributed by atoms with van der Waals surface area (Å²) in [6.45, 7) is 1.92. The molecule has 4 heteroatoms. The standard InChI is InChI=1S/C10H11BrO2S/c1-7(5-10(12)13)14-9-4-2-3-8(11)6-9/h2-4,6-7H,5H2,1H3,(H,12,13). The van der Waals surface area contributed by atoms with E-state index in [1.807, 2.05) is 31.2 Å². The molecule has 2 nitrogen and oxygen atoms in total. The van der Waals surface area contributed by atoms with Crippen molar-refractivity contribution in [3.63, 3.8) is 0 Å². The van der Waals surface area contributed by atoms with Crippen LogP contribution < -0.4 is 0 Å². The summed E-state index contributed by atoms with van der Waals surface area (Å²) in [5.41, 5.74) is 0. The molecule has 1 atom stereocenters. The molecule has 1 rings (SSSR count). The van der Waals surface area contributed by atoms with E-state index in [0.29, 0.717) is 0 Å². The summed E-state index contributed by atoms with van der Waals surface area (Å²) in [6, 6.07) is 7.86. The molecule has 0 heterocycles.